The van der Waals surface area contributed by atoms with Crippen LogP contribution in [0.3, 0.4) is 0 Å². The summed E-state index contributed by atoms with van der Waals surface area (Å²) in [6.45, 7) is 0. The Morgan fingerprint density at radius 2 is 0.356 bits per heavy atom. The largest absolute Gasteiger partial charge is 0.744 e. The Balaban J connectivity index is 0.00000276. The van der Waals surface area contributed by atoms with Crippen molar-refractivity contribution in [1.82, 2.24) is 0 Å². The van der Waals surface area contributed by atoms with Crippen LogP contribution in [0.1, 0.15) is 44.5 Å². The van der Waals surface area contributed by atoms with E-state index in [2.05, 4.69) is 58.9 Å². The molecule has 8 aromatic rings. The highest BCUT2D eigenvalue weighted by Gasteiger charge is 2.18. The summed E-state index contributed by atoms with van der Waals surface area (Å²) < 4.78 is 295. The van der Waals surface area contributed by atoms with E-state index in [-0.39, 0.29) is 67.8 Å². The molecule has 101 heavy (non-hydrogen) atoms. The minimum absolute atomic E-state index is 0.0739. The monoisotopic (exact) mass is 1530 g/mol. The van der Waals surface area contributed by atoms with E-state index in [1.165, 1.54) is 12.1 Å². The lowest BCUT2D eigenvalue weighted by Gasteiger charge is -2.14. The molecule has 0 radical (unpaired) electrons. The zero-order valence-electron chi connectivity index (χ0n) is 51.8. The summed E-state index contributed by atoms with van der Waals surface area (Å²) in [5, 5.41) is 22.8. The zero-order chi connectivity index (χ0) is 75.2. The summed E-state index contributed by atoms with van der Waals surface area (Å²) in [6.07, 6.45) is 7.79. The number of nitrogens with two attached hydrogens (primary N) is 2. The van der Waals surface area contributed by atoms with Gasteiger partial charge in [0.2, 0.25) is 0 Å². The van der Waals surface area contributed by atoms with Crippen LogP contribution in [0.2, 0.25) is 0 Å². The number of rotatable bonds is 22. The van der Waals surface area contributed by atoms with Crippen LogP contribution >= 0.6 is 0 Å². The molecule has 8 rings (SSSR count). The van der Waals surface area contributed by atoms with Gasteiger partial charge in [-0.25, -0.2) is 67.3 Å². The molecule has 0 saturated heterocycles. The summed E-state index contributed by atoms with van der Waals surface area (Å²) in [6, 6.07) is 23.7. The third-order valence-electron chi connectivity index (χ3n) is 12.8. The maximum absolute atomic E-state index is 12.5. The van der Waals surface area contributed by atoms with Gasteiger partial charge in [0.1, 0.15) is 80.9 Å². The highest BCUT2D eigenvalue weighted by atomic mass is 32.2. The standard InChI is InChI=1S/C56H44N8O24S8.C4H12N/c57-41-17-9-33(49(25-41)89(65,66)67)1-3-35-11-19-43(27-51(35)91(71,72)73)59-61-45-21-13-37(53(29-45)93(77,78)79)5-7-39-15-23-47(31-55(39)95(83,84)85)63-64-48-24-16-40(56(32-48)96(86,87)88)8-6-38-14-22-46(30-54(38)94(80,81)82)62-60-44-20-12-36(52(28-44)92(74,75)76)4-2-34-10-18-42(58)26-50(34)90(68,69)70;1-5(2,3)4/h1-32H,57-58H2,(H,65,66,67)(H,68,69,70)(H,71,72,73)(H,74,75,76)(H,77,78,79)(H,80,81,82)(H,83,84,85)(H,86,87,88);1-4H3/q;+1/p-8/b3-1+,4-2+,7-5+,8-6+,61-59?,62-60?,64-63?;. The molecule has 0 fully saturated rings. The fraction of sp³-hybridized carbons (Fsp3) is 0.0667. The van der Waals surface area contributed by atoms with Crippen LogP contribution in [0, 0.1) is 0 Å². The van der Waals surface area contributed by atoms with Crippen molar-refractivity contribution in [3.05, 3.63) is 190 Å². The molecule has 0 amide bonds. The second-order valence-electron chi connectivity index (χ2n) is 22.2. The van der Waals surface area contributed by atoms with Gasteiger partial charge in [-0.05, 0) is 142 Å². The molecule has 8 aromatic carbocycles. The first kappa shape index (κ1) is 78.7. The highest BCUT2D eigenvalue weighted by Crippen LogP contribution is 2.35. The molecule has 0 spiro atoms. The fourth-order valence-electron chi connectivity index (χ4n) is 8.51. The molecule has 532 valence electrons. The Kier molecular flexibility index (Phi) is 23.6. The van der Waals surface area contributed by atoms with Gasteiger partial charge in [0.15, 0.2) is 0 Å². The second kappa shape index (κ2) is 30.3. The van der Waals surface area contributed by atoms with Crippen LogP contribution in [-0.2, 0) is 80.9 Å². The summed E-state index contributed by atoms with van der Waals surface area (Å²) >= 11 is 0. The summed E-state index contributed by atoms with van der Waals surface area (Å²) in [4.78, 5) is -7.18. The molecule has 0 unspecified atom stereocenters. The normalized spacial score (nSPS) is 13.4. The van der Waals surface area contributed by atoms with Crippen LogP contribution in [0.5, 0.6) is 0 Å². The van der Waals surface area contributed by atoms with Gasteiger partial charge in [-0.3, -0.25) is 0 Å². The van der Waals surface area contributed by atoms with Crippen molar-refractivity contribution in [1.29, 1.82) is 0 Å². The van der Waals surface area contributed by atoms with Gasteiger partial charge >= 0.3 is 0 Å². The molecule has 0 atom stereocenters. The predicted molar refractivity (Wildman–Crippen MR) is 356 cm³/mol. The molecule has 41 heteroatoms. The van der Waals surface area contributed by atoms with Crippen LogP contribution in [0.25, 0.3) is 48.6 Å². The van der Waals surface area contributed by atoms with E-state index in [4.69, 9.17) is 11.5 Å². The van der Waals surface area contributed by atoms with Crippen molar-refractivity contribution < 1.29 is 108 Å². The van der Waals surface area contributed by atoms with E-state index in [0.29, 0.717) is 12.1 Å². The Morgan fingerprint density at radius 1 is 0.238 bits per heavy atom. The number of azo groups is 3. The molecule has 0 aromatic heterocycles. The van der Waals surface area contributed by atoms with Crippen molar-refractivity contribution in [2.45, 2.75) is 39.2 Å². The number of hydrogen-bond acceptors (Lipinski definition) is 32. The molecule has 0 heterocycles. The predicted octanol–water partition coefficient (Wildman–Crippen LogP) is 8.33. The molecule has 4 N–H and O–H groups in total. The van der Waals surface area contributed by atoms with Gasteiger partial charge in [-0.2, -0.15) is 30.7 Å². The quantitative estimate of drug-likeness (QED) is 0.0211. The first-order valence-electron chi connectivity index (χ1n) is 27.5. The summed E-state index contributed by atoms with van der Waals surface area (Å²) in [5.41, 5.74) is 6.38. The minimum Gasteiger partial charge on any atom is -0.744 e. The van der Waals surface area contributed by atoms with E-state index in [0.717, 1.165) is 174 Å². The van der Waals surface area contributed by atoms with Gasteiger partial charge in [0, 0.05) is 11.4 Å². The third-order valence-corrected chi connectivity index (χ3v) is 20.0. The summed E-state index contributed by atoms with van der Waals surface area (Å²) in [7, 11) is -33.9. The third kappa shape index (κ3) is 22.4. The first-order valence-corrected chi connectivity index (χ1v) is 38.8. The fourth-order valence-corrected chi connectivity index (χ4v) is 14.1. The van der Waals surface area contributed by atoms with E-state index >= 15 is 0 Å². The lowest BCUT2D eigenvalue weighted by Crippen LogP contribution is -2.27. The number of anilines is 2. The number of benzene rings is 8. The van der Waals surface area contributed by atoms with Crippen LogP contribution in [0.4, 0.5) is 45.5 Å². The van der Waals surface area contributed by atoms with Crippen molar-refractivity contribution in [3.63, 3.8) is 0 Å². The molecule has 33 nitrogen and oxygen atoms in total. The van der Waals surface area contributed by atoms with Crippen LogP contribution in [0.15, 0.2) is 215 Å². The van der Waals surface area contributed by atoms with Crippen molar-refractivity contribution in [2.24, 2.45) is 30.7 Å². The first-order chi connectivity index (χ1) is 46.4. The summed E-state index contributed by atoms with van der Waals surface area (Å²) in [5.74, 6) is 0. The Bertz CT molecular complexity index is 5500. The maximum Gasteiger partial charge on any atom is 0.125 e. The average molecular weight is 1540 g/mol. The lowest BCUT2D eigenvalue weighted by atomic mass is 10.1. The van der Waals surface area contributed by atoms with Crippen molar-refractivity contribution in [2.75, 3.05) is 39.7 Å². The van der Waals surface area contributed by atoms with Crippen LogP contribution in [-0.4, -0.2) is 136 Å². The number of quaternary nitrogens is 1. The highest BCUT2D eigenvalue weighted by molar-refractivity contribution is 7.87. The van der Waals surface area contributed by atoms with E-state index in [1.807, 2.05) is 0 Å². The smallest absolute Gasteiger partial charge is 0.125 e. The van der Waals surface area contributed by atoms with Gasteiger partial charge in [-0.15, -0.1) is 0 Å². The number of nitrogen functional groups attached to an aromatic ring is 2. The molecular formula is C60H48N9O24S8-7. The van der Waals surface area contributed by atoms with E-state index < -0.39 is 142 Å². The lowest BCUT2D eigenvalue weighted by molar-refractivity contribution is -0.849. The van der Waals surface area contributed by atoms with Gasteiger partial charge < -0.3 is 52.4 Å². The topological polar surface area (TPSA) is 584 Å². The van der Waals surface area contributed by atoms with Gasteiger partial charge in [0.05, 0.1) is 101 Å². The van der Waals surface area contributed by atoms with Gasteiger partial charge in [0.25, 0.3) is 0 Å². The molecule has 0 aliphatic heterocycles. The zero-order valence-corrected chi connectivity index (χ0v) is 58.4. The Labute approximate surface area is 578 Å². The van der Waals surface area contributed by atoms with Crippen molar-refractivity contribution in [3.8, 4) is 0 Å². The Morgan fingerprint density at radius 3 is 0.485 bits per heavy atom. The molecular weight excluding hydrogens is 1490 g/mol. The second-order valence-corrected chi connectivity index (χ2v) is 33.0. The molecule has 0 bridgehead atoms. The van der Waals surface area contributed by atoms with Crippen LogP contribution < -0.4 is 11.5 Å². The molecule has 0 saturated carbocycles. The number of nitrogens with zero attached hydrogens (tertiary/aromatic N) is 7. The molecule has 0 aliphatic rings. The van der Waals surface area contributed by atoms with Crippen molar-refractivity contribution >= 4 is 175 Å². The minimum atomic E-state index is -5.43. The van der Waals surface area contributed by atoms with E-state index in [1.54, 1.807) is 0 Å². The average Bonchev–Trinajstić information content (AvgIpc) is 0.816. The van der Waals surface area contributed by atoms with Gasteiger partial charge in [-0.1, -0.05) is 97.1 Å². The SMILES string of the molecule is C[N+](C)(C)C.Nc1ccc(/C=C/c2ccc(N=Nc3ccc(/C=C/c4ccc(N=Nc5ccc(/C=C/c6ccc(N=Nc7ccc(/C=C/c8ccc(N)cc8S(=O)(=O)[O-])c(S(=O)(=O)[O-])c7)cc6S(=O)(=O)[O-])c(S(=O)(=O)[O-])c5)cc4S(=O)(=O)[O-])c(S(=O)(=O)[O-])c3)cc2S(=O)(=O)[O-])c(S(=O)(=O)[O-])c1. The maximum atomic E-state index is 12.5. The number of hydrogen-bond donors (Lipinski definition) is 2. The molecule has 0 aliphatic carbocycles. The van der Waals surface area contributed by atoms with E-state index in [9.17, 15) is 104 Å². The Hall–Kier alpha value is -9.64.